The van der Waals surface area contributed by atoms with Gasteiger partial charge in [0.2, 0.25) is 0 Å². The van der Waals surface area contributed by atoms with Gasteiger partial charge in [0.05, 0.1) is 12.0 Å². The summed E-state index contributed by atoms with van der Waals surface area (Å²) < 4.78 is 7.26. The maximum absolute atomic E-state index is 11.5. The highest BCUT2D eigenvalue weighted by Crippen LogP contribution is 2.31. The molecule has 1 saturated heterocycles. The zero-order valence-corrected chi connectivity index (χ0v) is 15.0. The van der Waals surface area contributed by atoms with Crippen LogP contribution in [0.2, 0.25) is 0 Å². The summed E-state index contributed by atoms with van der Waals surface area (Å²) in [6.07, 6.45) is 6.86. The molecular formula is C13H7I2NO3S. The normalized spacial score (nSPS) is 16.1. The minimum atomic E-state index is -0.363. The van der Waals surface area contributed by atoms with E-state index in [1.54, 1.807) is 6.08 Å². The highest BCUT2D eigenvalue weighted by atomic mass is 127. The molecule has 0 atom stereocenters. The van der Waals surface area contributed by atoms with Crippen LogP contribution in [-0.4, -0.2) is 17.8 Å². The fourth-order valence-corrected chi connectivity index (χ4v) is 4.30. The molecule has 2 amide bonds. The number of ether oxygens (including phenoxy) is 1. The molecule has 1 aliphatic rings. The van der Waals surface area contributed by atoms with E-state index in [4.69, 9.17) is 11.2 Å². The summed E-state index contributed by atoms with van der Waals surface area (Å²) in [5, 5.41) is 1.87. The van der Waals surface area contributed by atoms with Gasteiger partial charge in [-0.2, -0.15) is 0 Å². The molecule has 1 heterocycles. The van der Waals surface area contributed by atoms with Crippen LogP contribution in [0.5, 0.6) is 5.75 Å². The Kier molecular flexibility index (Phi) is 5.34. The number of hydrogen-bond donors (Lipinski definition) is 1. The van der Waals surface area contributed by atoms with E-state index in [2.05, 4.69) is 56.4 Å². The summed E-state index contributed by atoms with van der Waals surface area (Å²) in [5.74, 6) is 2.78. The lowest BCUT2D eigenvalue weighted by atomic mass is 10.2. The number of carbonyl (C=O) groups is 2. The van der Waals surface area contributed by atoms with Crippen molar-refractivity contribution in [3.8, 4) is 18.1 Å². The van der Waals surface area contributed by atoms with Crippen LogP contribution in [0.15, 0.2) is 17.0 Å². The molecule has 2 rings (SSSR count). The number of terminal acetylenes is 1. The monoisotopic (exact) mass is 511 g/mol. The zero-order chi connectivity index (χ0) is 14.7. The average molecular weight is 511 g/mol. The molecule has 0 radical (unpaired) electrons. The predicted octanol–water partition coefficient (Wildman–Crippen LogP) is 3.23. The van der Waals surface area contributed by atoms with Crippen molar-refractivity contribution >= 4 is 74.2 Å². The van der Waals surface area contributed by atoms with Crippen molar-refractivity contribution in [3.05, 3.63) is 29.7 Å². The van der Waals surface area contributed by atoms with Gasteiger partial charge in [0.15, 0.2) is 0 Å². The number of carbonyl (C=O) groups excluding carboxylic acids is 2. The lowest BCUT2D eigenvalue weighted by molar-refractivity contribution is -0.115. The van der Waals surface area contributed by atoms with Gasteiger partial charge in [0.1, 0.15) is 12.4 Å². The summed E-state index contributed by atoms with van der Waals surface area (Å²) in [6.45, 7) is 0.208. The molecule has 0 spiro atoms. The first-order chi connectivity index (χ1) is 9.51. The number of amides is 2. The van der Waals surface area contributed by atoms with Gasteiger partial charge in [0, 0.05) is 0 Å². The van der Waals surface area contributed by atoms with Gasteiger partial charge in [-0.1, -0.05) is 5.92 Å². The Bertz CT molecular complexity index is 641. The summed E-state index contributed by atoms with van der Waals surface area (Å²) in [4.78, 5) is 23.0. The van der Waals surface area contributed by atoms with Gasteiger partial charge >= 0.3 is 0 Å². The smallest absolute Gasteiger partial charge is 0.290 e. The Labute approximate surface area is 147 Å². The van der Waals surface area contributed by atoms with Gasteiger partial charge in [-0.05, 0) is 80.7 Å². The van der Waals surface area contributed by atoms with Crippen LogP contribution < -0.4 is 10.1 Å². The standard InChI is InChI=1S/C13H7I2NO3S/c1-2-3-19-11-8(14)4-7(5-9(11)15)6-10-12(17)16-13(18)20-10/h1,4-6H,3H2,(H,16,17,18)/b10-6-. The SMILES string of the molecule is C#CCOc1c(I)cc(/C=C2\SC(=O)NC2=O)cc1I. The van der Waals surface area contributed by atoms with Crippen LogP contribution in [-0.2, 0) is 4.79 Å². The number of halogens is 2. The van der Waals surface area contributed by atoms with E-state index in [-0.39, 0.29) is 17.8 Å². The molecule has 1 aliphatic heterocycles. The second-order valence-corrected chi connectivity index (χ2v) is 7.00. The maximum Gasteiger partial charge on any atom is 0.290 e. The van der Waals surface area contributed by atoms with Gasteiger partial charge in [-0.3, -0.25) is 14.9 Å². The fraction of sp³-hybridized carbons (Fsp3) is 0.0769. The van der Waals surface area contributed by atoms with Crippen molar-refractivity contribution < 1.29 is 14.3 Å². The maximum atomic E-state index is 11.5. The largest absolute Gasteiger partial charge is 0.479 e. The molecule has 0 aliphatic carbocycles. The molecule has 1 N–H and O–H groups in total. The highest BCUT2D eigenvalue weighted by Gasteiger charge is 2.25. The Balaban J connectivity index is 2.31. The minimum Gasteiger partial charge on any atom is -0.479 e. The van der Waals surface area contributed by atoms with Crippen molar-refractivity contribution in [2.45, 2.75) is 0 Å². The van der Waals surface area contributed by atoms with Crippen molar-refractivity contribution in [1.82, 2.24) is 5.32 Å². The van der Waals surface area contributed by atoms with Crippen LogP contribution in [0.1, 0.15) is 5.56 Å². The third-order valence-electron chi connectivity index (χ3n) is 2.26. The molecule has 1 fully saturated rings. The number of nitrogens with one attached hydrogen (secondary N) is 1. The van der Waals surface area contributed by atoms with Gasteiger partial charge < -0.3 is 4.74 Å². The van der Waals surface area contributed by atoms with E-state index >= 15 is 0 Å². The number of hydrogen-bond acceptors (Lipinski definition) is 4. The summed E-state index contributed by atoms with van der Waals surface area (Å²) in [6, 6.07) is 3.75. The third-order valence-corrected chi connectivity index (χ3v) is 4.67. The van der Waals surface area contributed by atoms with E-state index in [0.717, 1.165) is 30.2 Å². The topological polar surface area (TPSA) is 55.4 Å². The molecule has 1 aromatic rings. The zero-order valence-electron chi connectivity index (χ0n) is 9.91. The van der Waals surface area contributed by atoms with Crippen molar-refractivity contribution in [1.29, 1.82) is 0 Å². The van der Waals surface area contributed by atoms with Crippen molar-refractivity contribution in [3.63, 3.8) is 0 Å². The van der Waals surface area contributed by atoms with E-state index in [1.165, 1.54) is 0 Å². The first kappa shape index (κ1) is 15.7. The van der Waals surface area contributed by atoms with Crippen molar-refractivity contribution in [2.75, 3.05) is 6.61 Å². The predicted molar refractivity (Wildman–Crippen MR) is 95.3 cm³/mol. The number of thioether (sulfide) groups is 1. The lowest BCUT2D eigenvalue weighted by Crippen LogP contribution is -2.17. The second-order valence-electron chi connectivity index (χ2n) is 3.66. The summed E-state index contributed by atoms with van der Waals surface area (Å²) >= 11 is 5.19. The Morgan fingerprint density at radius 2 is 2.00 bits per heavy atom. The Hall–Kier alpha value is -0.730. The highest BCUT2D eigenvalue weighted by molar-refractivity contribution is 14.1. The molecule has 0 unspecified atom stereocenters. The quantitative estimate of drug-likeness (QED) is 0.385. The molecule has 20 heavy (non-hydrogen) atoms. The van der Waals surface area contributed by atoms with E-state index < -0.39 is 0 Å². The molecule has 0 aromatic heterocycles. The lowest BCUT2D eigenvalue weighted by Gasteiger charge is -2.09. The second kappa shape index (κ2) is 6.82. The molecular weight excluding hydrogens is 504 g/mol. The van der Waals surface area contributed by atoms with Crippen LogP contribution in [0.3, 0.4) is 0 Å². The molecule has 1 aromatic carbocycles. The number of benzene rings is 1. The van der Waals surface area contributed by atoms with E-state index in [9.17, 15) is 9.59 Å². The van der Waals surface area contributed by atoms with Gasteiger partial charge in [-0.15, -0.1) is 6.42 Å². The summed E-state index contributed by atoms with van der Waals surface area (Å²) in [7, 11) is 0. The van der Waals surface area contributed by atoms with Crippen LogP contribution in [0.4, 0.5) is 4.79 Å². The first-order valence-corrected chi connectivity index (χ1v) is 8.29. The van der Waals surface area contributed by atoms with Crippen LogP contribution >= 0.6 is 56.9 Å². The van der Waals surface area contributed by atoms with Crippen LogP contribution in [0, 0.1) is 19.5 Å². The van der Waals surface area contributed by atoms with Gasteiger partial charge in [0.25, 0.3) is 11.1 Å². The van der Waals surface area contributed by atoms with E-state index in [0.29, 0.717) is 4.91 Å². The molecule has 102 valence electrons. The molecule has 7 heteroatoms. The minimum absolute atomic E-state index is 0.208. The molecule has 0 saturated carbocycles. The molecule has 0 bridgehead atoms. The Morgan fingerprint density at radius 1 is 1.35 bits per heavy atom. The Morgan fingerprint density at radius 3 is 2.50 bits per heavy atom. The third kappa shape index (κ3) is 3.67. The van der Waals surface area contributed by atoms with E-state index in [1.807, 2.05) is 12.1 Å². The van der Waals surface area contributed by atoms with Gasteiger partial charge in [-0.25, -0.2) is 0 Å². The fourth-order valence-electron chi connectivity index (χ4n) is 1.49. The summed E-state index contributed by atoms with van der Waals surface area (Å²) in [5.41, 5.74) is 0.833. The molecule has 4 nitrogen and oxygen atoms in total. The van der Waals surface area contributed by atoms with Crippen molar-refractivity contribution in [2.24, 2.45) is 0 Å². The average Bonchev–Trinajstić information content (AvgIpc) is 2.67. The first-order valence-electron chi connectivity index (χ1n) is 5.31. The van der Waals surface area contributed by atoms with Crippen LogP contribution in [0.25, 0.3) is 6.08 Å². The number of rotatable bonds is 3. The number of imide groups is 1.